The number of alkyl halides is 8. The summed E-state index contributed by atoms with van der Waals surface area (Å²) in [5, 5.41) is 16.3. The van der Waals surface area contributed by atoms with E-state index in [1.165, 1.54) is 18.0 Å². The summed E-state index contributed by atoms with van der Waals surface area (Å²) in [6.45, 7) is 0. The highest BCUT2D eigenvalue weighted by atomic mass is 32.2. The van der Waals surface area contributed by atoms with Crippen LogP contribution in [0.2, 0.25) is 0 Å². The highest BCUT2D eigenvalue weighted by Gasteiger charge is 2.63. The zero-order chi connectivity index (χ0) is 25.2. The first kappa shape index (κ1) is 25.3. The fourth-order valence-corrected chi connectivity index (χ4v) is 5.50. The molecule has 2 aliphatic rings. The first-order valence-electron chi connectivity index (χ1n) is 10.2. The number of halogens is 8. The monoisotopic (exact) mass is 519 g/mol. The lowest BCUT2D eigenvalue weighted by Crippen LogP contribution is -2.42. The van der Waals surface area contributed by atoms with Gasteiger partial charge in [0.1, 0.15) is 12.0 Å². The maximum atomic E-state index is 14.3. The van der Waals surface area contributed by atoms with Crippen molar-refractivity contribution in [2.45, 2.75) is 60.4 Å². The maximum Gasteiger partial charge on any atom is 0.458 e. The molecule has 1 aliphatic heterocycles. The Morgan fingerprint density at radius 3 is 2.35 bits per heavy atom. The third-order valence-electron chi connectivity index (χ3n) is 5.94. The first-order valence-corrected chi connectivity index (χ1v) is 11.2. The second-order valence-electron chi connectivity index (χ2n) is 8.52. The molecule has 0 radical (unpaired) electrons. The molecular weight excluding hydrogens is 498 g/mol. The number of hydrogen-bond acceptors (Lipinski definition) is 5. The number of hydrogen-bond donors (Lipinski definition) is 3. The van der Waals surface area contributed by atoms with Gasteiger partial charge >= 0.3 is 18.3 Å². The van der Waals surface area contributed by atoms with Crippen LogP contribution >= 0.6 is 11.8 Å². The molecular formula is C19H21F8N5OS. The summed E-state index contributed by atoms with van der Waals surface area (Å²) in [5.74, 6) is -7.20. The molecule has 2 fully saturated rings. The Morgan fingerprint density at radius 1 is 1.15 bits per heavy atom. The largest absolute Gasteiger partial charge is 0.458 e. The summed E-state index contributed by atoms with van der Waals surface area (Å²) in [7, 11) is 0.929. The van der Waals surface area contributed by atoms with Crippen molar-refractivity contribution < 1.29 is 40.2 Å². The Hall–Kier alpha value is -1.84. The number of aromatic nitrogens is 3. The number of aliphatic hydroxyl groups is 1. The molecule has 4 rings (SSSR count). The van der Waals surface area contributed by atoms with E-state index in [9.17, 15) is 40.2 Å². The predicted octanol–water partition coefficient (Wildman–Crippen LogP) is 4.03. The molecule has 0 aromatic carbocycles. The molecule has 3 heterocycles. The molecule has 0 amide bonds. The number of aliphatic hydroxyl groups excluding tert-OH is 1. The molecule has 6 nitrogen and oxygen atoms in total. The standard InChI is InChI=1S/C19H21F8N5OS/c1-31-7-11(18(22,23)24)13(17(20,21)19(25,26)27)16(31)32-6-8(5-29-32)12-4-10(14(28)34-12)15(33)30-9-2-3-9/h5-7,9-10,12,14-15,30,33H,2-4,28H2,1H3/t10?,12?,14?,15-/m1/s1. The van der Waals surface area contributed by atoms with E-state index in [2.05, 4.69) is 10.4 Å². The Kier molecular flexibility index (Phi) is 6.23. The predicted molar refractivity (Wildman–Crippen MR) is 106 cm³/mol. The summed E-state index contributed by atoms with van der Waals surface area (Å²) in [6, 6.07) is 0.211. The lowest BCUT2D eigenvalue weighted by Gasteiger charge is -2.22. The van der Waals surface area contributed by atoms with Crippen LogP contribution in [0.5, 0.6) is 0 Å². The van der Waals surface area contributed by atoms with Gasteiger partial charge in [-0.3, -0.25) is 5.32 Å². The third kappa shape index (κ3) is 4.54. The zero-order valence-electron chi connectivity index (χ0n) is 17.5. The van der Waals surface area contributed by atoms with Gasteiger partial charge in [-0.15, -0.1) is 11.8 Å². The summed E-state index contributed by atoms with van der Waals surface area (Å²) < 4.78 is 109. The molecule has 4 N–H and O–H groups in total. The van der Waals surface area contributed by atoms with Gasteiger partial charge in [-0.05, 0) is 19.3 Å². The van der Waals surface area contributed by atoms with E-state index in [1.54, 1.807) is 0 Å². The normalized spacial score (nSPS) is 25.2. The number of nitrogens with one attached hydrogen (secondary N) is 1. The first-order chi connectivity index (χ1) is 15.6. The van der Waals surface area contributed by atoms with Crippen LogP contribution in [0, 0.1) is 5.92 Å². The molecule has 0 spiro atoms. The minimum atomic E-state index is -6.26. The molecule has 15 heteroatoms. The topological polar surface area (TPSA) is 81.0 Å². The van der Waals surface area contributed by atoms with Crippen molar-refractivity contribution in [1.29, 1.82) is 0 Å². The van der Waals surface area contributed by atoms with E-state index >= 15 is 0 Å². The van der Waals surface area contributed by atoms with Crippen LogP contribution in [0.15, 0.2) is 18.6 Å². The van der Waals surface area contributed by atoms with Gasteiger partial charge in [0.25, 0.3) is 0 Å². The van der Waals surface area contributed by atoms with Crippen LogP contribution in [-0.2, 0) is 19.1 Å². The zero-order valence-corrected chi connectivity index (χ0v) is 18.4. The van der Waals surface area contributed by atoms with Gasteiger partial charge in [-0.2, -0.15) is 40.2 Å². The van der Waals surface area contributed by atoms with E-state index in [1.807, 2.05) is 0 Å². The Morgan fingerprint density at radius 2 is 1.79 bits per heavy atom. The quantitative estimate of drug-likeness (QED) is 0.397. The van der Waals surface area contributed by atoms with Gasteiger partial charge in [0, 0.05) is 42.2 Å². The van der Waals surface area contributed by atoms with Gasteiger partial charge < -0.3 is 15.4 Å². The van der Waals surface area contributed by atoms with Crippen LogP contribution in [0.4, 0.5) is 35.1 Å². The van der Waals surface area contributed by atoms with Crippen molar-refractivity contribution in [2.24, 2.45) is 18.7 Å². The lowest BCUT2D eigenvalue weighted by molar-refractivity contribution is -0.290. The molecule has 2 aromatic rings. The van der Waals surface area contributed by atoms with Gasteiger partial charge in [-0.1, -0.05) is 0 Å². The third-order valence-corrected chi connectivity index (χ3v) is 7.39. The summed E-state index contributed by atoms with van der Waals surface area (Å²) in [6.07, 6.45) is -7.90. The fourth-order valence-electron chi connectivity index (χ4n) is 4.04. The molecule has 1 saturated carbocycles. The van der Waals surface area contributed by atoms with Gasteiger partial charge in [-0.25, -0.2) is 4.68 Å². The maximum absolute atomic E-state index is 14.3. The number of rotatable bonds is 6. The SMILES string of the molecule is Cn1cc(C(F)(F)F)c(C(F)(F)C(F)(F)F)c1-n1cc(C2CC([C@@H](O)NC3CC3)C(N)S2)cn1. The average Bonchev–Trinajstić information content (AvgIpc) is 3.10. The van der Waals surface area contributed by atoms with Crippen molar-refractivity contribution >= 4 is 11.8 Å². The van der Waals surface area contributed by atoms with Crippen molar-refractivity contribution in [3.8, 4) is 5.82 Å². The minimum Gasteiger partial charge on any atom is -0.378 e. The average molecular weight is 519 g/mol. The van der Waals surface area contributed by atoms with Gasteiger partial charge in [0.05, 0.1) is 22.7 Å². The molecule has 4 atom stereocenters. The number of thioether (sulfide) groups is 1. The van der Waals surface area contributed by atoms with Crippen LogP contribution in [0.3, 0.4) is 0 Å². The van der Waals surface area contributed by atoms with E-state index in [4.69, 9.17) is 5.73 Å². The van der Waals surface area contributed by atoms with E-state index < -0.39 is 52.1 Å². The minimum absolute atomic E-state index is 0.182. The fraction of sp³-hybridized carbons (Fsp3) is 0.632. The van der Waals surface area contributed by atoms with Crippen LogP contribution in [0.1, 0.15) is 41.2 Å². The van der Waals surface area contributed by atoms with Crippen molar-refractivity contribution in [1.82, 2.24) is 19.7 Å². The van der Waals surface area contributed by atoms with Crippen molar-refractivity contribution in [3.05, 3.63) is 35.3 Å². The van der Waals surface area contributed by atoms with Gasteiger partial charge in [0.2, 0.25) is 0 Å². The lowest BCUT2D eigenvalue weighted by atomic mass is 9.99. The molecule has 190 valence electrons. The van der Waals surface area contributed by atoms with Crippen molar-refractivity contribution in [2.75, 3.05) is 0 Å². The highest BCUT2D eigenvalue weighted by molar-refractivity contribution is 8.00. The highest BCUT2D eigenvalue weighted by Crippen LogP contribution is 2.51. The van der Waals surface area contributed by atoms with Crippen molar-refractivity contribution in [3.63, 3.8) is 0 Å². The van der Waals surface area contributed by atoms with Crippen LogP contribution < -0.4 is 11.1 Å². The summed E-state index contributed by atoms with van der Waals surface area (Å²) in [5.41, 5.74) is 2.16. The number of nitrogens with zero attached hydrogens (tertiary/aromatic N) is 3. The van der Waals surface area contributed by atoms with Crippen LogP contribution in [-0.4, -0.2) is 43.3 Å². The molecule has 0 bridgehead atoms. The summed E-state index contributed by atoms with van der Waals surface area (Å²) in [4.78, 5) is 0. The number of aryl methyl sites for hydroxylation is 1. The molecule has 1 saturated heterocycles. The van der Waals surface area contributed by atoms with E-state index in [0.717, 1.165) is 26.1 Å². The van der Waals surface area contributed by atoms with Gasteiger partial charge in [0.15, 0.2) is 0 Å². The Labute approximate surface area is 192 Å². The Bertz CT molecular complexity index is 1040. The molecule has 1 aliphatic carbocycles. The molecule has 2 aromatic heterocycles. The van der Waals surface area contributed by atoms with E-state index in [0.29, 0.717) is 21.2 Å². The smallest absolute Gasteiger partial charge is 0.378 e. The van der Waals surface area contributed by atoms with Crippen LogP contribution in [0.25, 0.3) is 5.82 Å². The second-order valence-corrected chi connectivity index (χ2v) is 9.90. The van der Waals surface area contributed by atoms with E-state index in [-0.39, 0.29) is 18.2 Å². The summed E-state index contributed by atoms with van der Waals surface area (Å²) >= 11 is 1.25. The second kappa shape index (κ2) is 8.38. The number of nitrogens with two attached hydrogens (primary N) is 1. The molecule has 3 unspecified atom stereocenters. The molecule has 34 heavy (non-hydrogen) atoms. The Balaban J connectivity index is 1.68.